The second kappa shape index (κ2) is 7.08. The molecule has 0 N–H and O–H groups in total. The first-order valence-electron chi connectivity index (χ1n) is 8.96. The first-order valence-corrected chi connectivity index (χ1v) is 8.96. The number of benzene rings is 3. The minimum atomic E-state index is -0.341. The molecule has 1 aliphatic rings. The lowest BCUT2D eigenvalue weighted by molar-refractivity contribution is 0.0600. The minimum absolute atomic E-state index is 0.341. The summed E-state index contributed by atoms with van der Waals surface area (Å²) in [6.07, 6.45) is 0. The molecule has 4 heteroatoms. The number of hydrogen-bond acceptors (Lipinski definition) is 4. The first kappa shape index (κ1) is 17.0. The van der Waals surface area contributed by atoms with Crippen molar-refractivity contribution in [3.8, 4) is 0 Å². The molecule has 4 rings (SSSR count). The fraction of sp³-hybridized carbons (Fsp3) is 0.130. The van der Waals surface area contributed by atoms with E-state index in [0.29, 0.717) is 5.56 Å². The molecule has 1 aliphatic heterocycles. The number of rotatable bonds is 3. The Morgan fingerprint density at radius 1 is 0.926 bits per heavy atom. The minimum Gasteiger partial charge on any atom is -0.465 e. The highest BCUT2D eigenvalue weighted by Gasteiger charge is 2.22. The average Bonchev–Trinajstić information content (AvgIpc) is 2.87. The summed E-state index contributed by atoms with van der Waals surface area (Å²) >= 11 is 0. The SMILES string of the molecule is CCN1c2ccccc2N=C(c2ccc(C(=O)OC)cc2)c2ccccc21. The maximum Gasteiger partial charge on any atom is 0.337 e. The van der Waals surface area contributed by atoms with Gasteiger partial charge in [0.25, 0.3) is 0 Å². The fourth-order valence-corrected chi connectivity index (χ4v) is 3.45. The summed E-state index contributed by atoms with van der Waals surface area (Å²) in [5, 5.41) is 0. The van der Waals surface area contributed by atoms with E-state index in [1.54, 1.807) is 12.1 Å². The quantitative estimate of drug-likeness (QED) is 0.612. The Hall–Kier alpha value is -3.40. The van der Waals surface area contributed by atoms with Gasteiger partial charge in [0.05, 0.1) is 35.4 Å². The molecule has 1 heterocycles. The Morgan fingerprint density at radius 2 is 1.59 bits per heavy atom. The zero-order chi connectivity index (χ0) is 18.8. The van der Waals surface area contributed by atoms with Crippen molar-refractivity contribution in [2.45, 2.75) is 6.92 Å². The van der Waals surface area contributed by atoms with Crippen LogP contribution < -0.4 is 4.90 Å². The summed E-state index contributed by atoms with van der Waals surface area (Å²) in [7, 11) is 1.39. The molecule has 0 saturated carbocycles. The van der Waals surface area contributed by atoms with Crippen LogP contribution in [0.5, 0.6) is 0 Å². The number of methoxy groups -OCH3 is 1. The van der Waals surface area contributed by atoms with Gasteiger partial charge in [-0.2, -0.15) is 0 Å². The number of carbonyl (C=O) groups excluding carboxylic acids is 1. The van der Waals surface area contributed by atoms with Crippen LogP contribution in [0.25, 0.3) is 0 Å². The predicted molar refractivity (Wildman–Crippen MR) is 109 cm³/mol. The summed E-state index contributed by atoms with van der Waals surface area (Å²) < 4.78 is 4.80. The van der Waals surface area contributed by atoms with Crippen LogP contribution in [0.4, 0.5) is 17.1 Å². The van der Waals surface area contributed by atoms with Crippen molar-refractivity contribution in [3.05, 3.63) is 89.5 Å². The lowest BCUT2D eigenvalue weighted by atomic mass is 9.99. The molecule has 4 nitrogen and oxygen atoms in total. The number of hydrogen-bond donors (Lipinski definition) is 0. The Kier molecular flexibility index (Phi) is 4.47. The van der Waals surface area contributed by atoms with Gasteiger partial charge in [-0.1, -0.05) is 42.5 Å². The molecule has 3 aromatic carbocycles. The van der Waals surface area contributed by atoms with Crippen molar-refractivity contribution < 1.29 is 9.53 Å². The van der Waals surface area contributed by atoms with E-state index >= 15 is 0 Å². The molecule has 3 aromatic rings. The third kappa shape index (κ3) is 2.99. The van der Waals surface area contributed by atoms with E-state index in [-0.39, 0.29) is 5.97 Å². The van der Waals surface area contributed by atoms with Gasteiger partial charge in [-0.3, -0.25) is 0 Å². The molecule has 0 unspecified atom stereocenters. The van der Waals surface area contributed by atoms with Gasteiger partial charge in [-0.25, -0.2) is 9.79 Å². The Labute approximate surface area is 158 Å². The Balaban J connectivity index is 1.91. The van der Waals surface area contributed by atoms with Crippen LogP contribution >= 0.6 is 0 Å². The monoisotopic (exact) mass is 356 g/mol. The zero-order valence-electron chi connectivity index (χ0n) is 15.3. The molecular weight excluding hydrogens is 336 g/mol. The maximum absolute atomic E-state index is 11.7. The maximum atomic E-state index is 11.7. The Bertz CT molecular complexity index is 1020. The van der Waals surface area contributed by atoms with Gasteiger partial charge in [0, 0.05) is 17.7 Å². The molecule has 0 bridgehead atoms. The van der Waals surface area contributed by atoms with Crippen LogP contribution in [-0.4, -0.2) is 25.3 Å². The van der Waals surface area contributed by atoms with Crippen molar-refractivity contribution in [2.75, 3.05) is 18.6 Å². The van der Waals surface area contributed by atoms with Crippen LogP contribution in [-0.2, 0) is 4.74 Å². The summed E-state index contributed by atoms with van der Waals surface area (Å²) in [5.74, 6) is -0.341. The van der Waals surface area contributed by atoms with Crippen molar-refractivity contribution in [1.82, 2.24) is 0 Å². The molecular formula is C23H20N2O2. The van der Waals surface area contributed by atoms with Gasteiger partial charge in [-0.15, -0.1) is 0 Å². The molecule has 0 fully saturated rings. The van der Waals surface area contributed by atoms with E-state index in [1.807, 2.05) is 42.5 Å². The molecule has 0 atom stereocenters. The van der Waals surface area contributed by atoms with Crippen LogP contribution in [0.1, 0.15) is 28.4 Å². The topological polar surface area (TPSA) is 41.9 Å². The van der Waals surface area contributed by atoms with E-state index in [9.17, 15) is 4.79 Å². The normalized spacial score (nSPS) is 12.5. The van der Waals surface area contributed by atoms with Gasteiger partial charge in [0.15, 0.2) is 0 Å². The standard InChI is InChI=1S/C23H20N2O2/c1-3-25-20-10-6-4-8-18(20)22(24-19-9-5-7-11-21(19)25)16-12-14-17(15-13-16)23(26)27-2/h4-15H,3H2,1-2H3. The number of nitrogens with zero attached hydrogens (tertiary/aromatic N) is 2. The molecule has 0 aliphatic carbocycles. The highest BCUT2D eigenvalue weighted by Crippen LogP contribution is 2.40. The van der Waals surface area contributed by atoms with Crippen LogP contribution in [0.3, 0.4) is 0 Å². The summed E-state index contributed by atoms with van der Waals surface area (Å²) in [6.45, 7) is 2.99. The van der Waals surface area contributed by atoms with Gasteiger partial charge in [0.2, 0.25) is 0 Å². The number of fused-ring (bicyclic) bond motifs is 2. The number of esters is 1. The number of carbonyl (C=O) groups is 1. The largest absolute Gasteiger partial charge is 0.465 e. The Morgan fingerprint density at radius 3 is 2.30 bits per heavy atom. The van der Waals surface area contributed by atoms with Crippen molar-refractivity contribution >= 4 is 28.7 Å². The van der Waals surface area contributed by atoms with Gasteiger partial charge in [-0.05, 0) is 37.3 Å². The second-order valence-corrected chi connectivity index (χ2v) is 6.28. The number of para-hydroxylation sites is 3. The highest BCUT2D eigenvalue weighted by atomic mass is 16.5. The molecule has 0 aromatic heterocycles. The third-order valence-electron chi connectivity index (χ3n) is 4.75. The van der Waals surface area contributed by atoms with Crippen LogP contribution in [0.2, 0.25) is 0 Å². The third-order valence-corrected chi connectivity index (χ3v) is 4.75. The molecule has 0 saturated heterocycles. The van der Waals surface area contributed by atoms with Crippen molar-refractivity contribution in [2.24, 2.45) is 4.99 Å². The summed E-state index contributed by atoms with van der Waals surface area (Å²) in [6, 6.07) is 23.9. The molecule has 0 radical (unpaired) electrons. The first-order chi connectivity index (χ1) is 13.2. The zero-order valence-corrected chi connectivity index (χ0v) is 15.3. The van der Waals surface area contributed by atoms with Gasteiger partial charge >= 0.3 is 5.97 Å². The summed E-state index contributed by atoms with van der Waals surface area (Å²) in [5.41, 5.74) is 6.60. The van der Waals surface area contributed by atoms with E-state index in [1.165, 1.54) is 7.11 Å². The van der Waals surface area contributed by atoms with E-state index in [4.69, 9.17) is 9.73 Å². The van der Waals surface area contributed by atoms with E-state index in [0.717, 1.165) is 40.4 Å². The van der Waals surface area contributed by atoms with Gasteiger partial charge < -0.3 is 9.64 Å². The molecule has 134 valence electrons. The smallest absolute Gasteiger partial charge is 0.337 e. The van der Waals surface area contributed by atoms with Crippen LogP contribution in [0, 0.1) is 0 Å². The van der Waals surface area contributed by atoms with E-state index in [2.05, 4.69) is 30.0 Å². The highest BCUT2D eigenvalue weighted by molar-refractivity contribution is 6.18. The lowest BCUT2D eigenvalue weighted by Gasteiger charge is -2.24. The molecule has 0 spiro atoms. The second-order valence-electron chi connectivity index (χ2n) is 6.28. The van der Waals surface area contributed by atoms with Gasteiger partial charge in [0.1, 0.15) is 0 Å². The predicted octanol–water partition coefficient (Wildman–Crippen LogP) is 5.11. The lowest BCUT2D eigenvalue weighted by Crippen LogP contribution is -2.18. The number of anilines is 2. The molecule has 27 heavy (non-hydrogen) atoms. The van der Waals surface area contributed by atoms with Crippen molar-refractivity contribution in [1.29, 1.82) is 0 Å². The average molecular weight is 356 g/mol. The fourth-order valence-electron chi connectivity index (χ4n) is 3.45. The van der Waals surface area contributed by atoms with Crippen LogP contribution in [0.15, 0.2) is 77.8 Å². The number of aliphatic imine (C=N–C) groups is 1. The van der Waals surface area contributed by atoms with Crippen molar-refractivity contribution in [3.63, 3.8) is 0 Å². The molecule has 0 amide bonds. The summed E-state index contributed by atoms with van der Waals surface area (Å²) in [4.78, 5) is 19.0. The van der Waals surface area contributed by atoms with E-state index < -0.39 is 0 Å². The number of ether oxygens (including phenoxy) is 1.